The maximum atomic E-state index is 3.55. The molecule has 0 atom stereocenters. The van der Waals surface area contributed by atoms with E-state index in [4.69, 9.17) is 0 Å². The van der Waals surface area contributed by atoms with Gasteiger partial charge in [0.05, 0.1) is 0 Å². The molecule has 0 spiro atoms. The lowest BCUT2D eigenvalue weighted by molar-refractivity contribution is 0.177. The van der Waals surface area contributed by atoms with E-state index in [-0.39, 0.29) is 0 Å². The zero-order valence-electron chi connectivity index (χ0n) is 11.1. The SMILES string of the molecule is CCCNCC1CCN(Cc2cc(Br)cs2)CC1. The minimum atomic E-state index is 0.892. The van der Waals surface area contributed by atoms with Crippen molar-refractivity contribution < 1.29 is 0 Å². The standard InChI is InChI=1S/C14H23BrN2S/c1-2-5-16-9-12-3-6-17(7-4-12)10-14-8-13(15)11-18-14/h8,11-12,16H,2-7,9-10H2,1H3. The van der Waals surface area contributed by atoms with Crippen molar-refractivity contribution in [1.82, 2.24) is 10.2 Å². The Kier molecular flexibility index (Phi) is 6.15. The van der Waals surface area contributed by atoms with Crippen molar-refractivity contribution in [2.24, 2.45) is 5.92 Å². The van der Waals surface area contributed by atoms with Crippen LogP contribution in [0.4, 0.5) is 0 Å². The number of thiophene rings is 1. The molecule has 102 valence electrons. The molecule has 0 aromatic carbocycles. The molecule has 0 radical (unpaired) electrons. The Bertz CT molecular complexity index is 345. The Balaban J connectivity index is 1.67. The average molecular weight is 331 g/mol. The second-order valence-corrected chi connectivity index (χ2v) is 7.07. The highest BCUT2D eigenvalue weighted by atomic mass is 79.9. The van der Waals surface area contributed by atoms with Crippen molar-refractivity contribution >= 4 is 27.3 Å². The third-order valence-corrected chi connectivity index (χ3v) is 5.25. The van der Waals surface area contributed by atoms with Crippen LogP contribution in [0.25, 0.3) is 0 Å². The number of nitrogens with one attached hydrogen (secondary N) is 1. The van der Waals surface area contributed by atoms with Crippen LogP contribution in [-0.4, -0.2) is 31.1 Å². The zero-order chi connectivity index (χ0) is 12.8. The molecular weight excluding hydrogens is 308 g/mol. The van der Waals surface area contributed by atoms with E-state index in [1.165, 1.54) is 54.8 Å². The number of halogens is 1. The van der Waals surface area contributed by atoms with Crippen LogP contribution < -0.4 is 5.32 Å². The van der Waals surface area contributed by atoms with Crippen LogP contribution in [-0.2, 0) is 6.54 Å². The van der Waals surface area contributed by atoms with Crippen LogP contribution in [0.3, 0.4) is 0 Å². The molecule has 0 aliphatic carbocycles. The molecule has 2 nitrogen and oxygen atoms in total. The summed E-state index contributed by atoms with van der Waals surface area (Å²) in [6.07, 6.45) is 3.94. The third-order valence-electron chi connectivity index (χ3n) is 3.57. The van der Waals surface area contributed by atoms with Gasteiger partial charge in [-0.15, -0.1) is 11.3 Å². The molecule has 1 saturated heterocycles. The highest BCUT2D eigenvalue weighted by molar-refractivity contribution is 9.10. The maximum absolute atomic E-state index is 3.55. The summed E-state index contributed by atoms with van der Waals surface area (Å²) in [6, 6.07) is 2.25. The van der Waals surface area contributed by atoms with E-state index in [1.807, 2.05) is 11.3 Å². The van der Waals surface area contributed by atoms with Gasteiger partial charge in [0, 0.05) is 21.3 Å². The van der Waals surface area contributed by atoms with Crippen LogP contribution >= 0.6 is 27.3 Å². The Morgan fingerprint density at radius 1 is 1.44 bits per heavy atom. The molecule has 0 saturated carbocycles. The summed E-state index contributed by atoms with van der Waals surface area (Å²) in [7, 11) is 0. The summed E-state index contributed by atoms with van der Waals surface area (Å²) in [5.41, 5.74) is 0. The molecule has 18 heavy (non-hydrogen) atoms. The molecule has 1 aromatic rings. The molecule has 0 unspecified atom stereocenters. The molecule has 0 amide bonds. The van der Waals surface area contributed by atoms with Gasteiger partial charge in [0.2, 0.25) is 0 Å². The summed E-state index contributed by atoms with van der Waals surface area (Å²) < 4.78 is 1.22. The number of rotatable bonds is 6. The van der Waals surface area contributed by atoms with Gasteiger partial charge < -0.3 is 5.32 Å². The van der Waals surface area contributed by atoms with Crippen molar-refractivity contribution in [3.8, 4) is 0 Å². The van der Waals surface area contributed by atoms with Crippen LogP contribution in [0, 0.1) is 5.92 Å². The molecule has 1 fully saturated rings. The van der Waals surface area contributed by atoms with Crippen molar-refractivity contribution in [1.29, 1.82) is 0 Å². The van der Waals surface area contributed by atoms with Crippen LogP contribution in [0.15, 0.2) is 15.9 Å². The predicted molar refractivity (Wildman–Crippen MR) is 83.2 cm³/mol. The zero-order valence-corrected chi connectivity index (χ0v) is 13.5. The van der Waals surface area contributed by atoms with Gasteiger partial charge >= 0.3 is 0 Å². The molecule has 2 rings (SSSR count). The lowest BCUT2D eigenvalue weighted by Crippen LogP contribution is -2.36. The highest BCUT2D eigenvalue weighted by Gasteiger charge is 2.19. The topological polar surface area (TPSA) is 15.3 Å². The molecule has 2 heterocycles. The Labute approximate surface area is 123 Å². The van der Waals surface area contributed by atoms with Gasteiger partial charge in [-0.1, -0.05) is 6.92 Å². The summed E-state index contributed by atoms with van der Waals surface area (Å²) in [5.74, 6) is 0.892. The Morgan fingerprint density at radius 2 is 2.22 bits per heavy atom. The Morgan fingerprint density at radius 3 is 2.83 bits per heavy atom. The monoisotopic (exact) mass is 330 g/mol. The minimum Gasteiger partial charge on any atom is -0.316 e. The maximum Gasteiger partial charge on any atom is 0.0328 e. The van der Waals surface area contributed by atoms with E-state index < -0.39 is 0 Å². The number of likely N-dealkylation sites (tertiary alicyclic amines) is 1. The summed E-state index contributed by atoms with van der Waals surface area (Å²) in [4.78, 5) is 4.07. The van der Waals surface area contributed by atoms with Crippen molar-refractivity contribution in [2.75, 3.05) is 26.2 Å². The molecule has 0 bridgehead atoms. The second-order valence-electron chi connectivity index (χ2n) is 5.15. The van der Waals surface area contributed by atoms with Gasteiger partial charge in [0.25, 0.3) is 0 Å². The molecule has 1 aromatic heterocycles. The van der Waals surface area contributed by atoms with Crippen molar-refractivity contribution in [2.45, 2.75) is 32.7 Å². The smallest absolute Gasteiger partial charge is 0.0328 e. The molecule has 1 aliphatic rings. The van der Waals surface area contributed by atoms with Gasteiger partial charge in [-0.2, -0.15) is 0 Å². The van der Waals surface area contributed by atoms with E-state index in [2.05, 4.69) is 44.5 Å². The van der Waals surface area contributed by atoms with Gasteiger partial charge in [0.1, 0.15) is 0 Å². The summed E-state index contributed by atoms with van der Waals surface area (Å²) in [6.45, 7) is 8.26. The van der Waals surface area contributed by atoms with Crippen molar-refractivity contribution in [3.05, 3.63) is 20.8 Å². The summed E-state index contributed by atoms with van der Waals surface area (Å²) >= 11 is 5.39. The molecule has 1 N–H and O–H groups in total. The first-order valence-corrected chi connectivity index (χ1v) is 8.61. The van der Waals surface area contributed by atoms with Gasteiger partial charge in [-0.25, -0.2) is 0 Å². The minimum absolute atomic E-state index is 0.892. The quantitative estimate of drug-likeness (QED) is 0.799. The van der Waals surface area contributed by atoms with E-state index in [0.29, 0.717) is 0 Å². The van der Waals surface area contributed by atoms with Crippen LogP contribution in [0.5, 0.6) is 0 Å². The van der Waals surface area contributed by atoms with Crippen molar-refractivity contribution in [3.63, 3.8) is 0 Å². The van der Waals surface area contributed by atoms with Gasteiger partial charge in [-0.3, -0.25) is 4.90 Å². The number of piperidine rings is 1. The number of hydrogen-bond donors (Lipinski definition) is 1. The fourth-order valence-corrected chi connectivity index (χ4v) is 3.98. The molecular formula is C14H23BrN2S. The number of hydrogen-bond acceptors (Lipinski definition) is 3. The first-order chi connectivity index (χ1) is 8.78. The lowest BCUT2D eigenvalue weighted by atomic mass is 9.97. The Hall–Kier alpha value is 0.1000. The highest BCUT2D eigenvalue weighted by Crippen LogP contribution is 2.23. The first-order valence-electron chi connectivity index (χ1n) is 6.94. The van der Waals surface area contributed by atoms with Gasteiger partial charge in [0.15, 0.2) is 0 Å². The largest absolute Gasteiger partial charge is 0.316 e. The molecule has 4 heteroatoms. The van der Waals surface area contributed by atoms with Crippen LogP contribution in [0.2, 0.25) is 0 Å². The average Bonchev–Trinajstić information content (AvgIpc) is 2.77. The van der Waals surface area contributed by atoms with E-state index in [9.17, 15) is 0 Å². The fourth-order valence-electron chi connectivity index (χ4n) is 2.49. The normalized spacial score (nSPS) is 18.3. The summed E-state index contributed by atoms with van der Waals surface area (Å²) in [5, 5.41) is 5.73. The predicted octanol–water partition coefficient (Wildman–Crippen LogP) is 3.72. The fraction of sp³-hybridized carbons (Fsp3) is 0.714. The molecule has 1 aliphatic heterocycles. The van der Waals surface area contributed by atoms with E-state index in [1.54, 1.807) is 0 Å². The number of nitrogens with zero attached hydrogens (tertiary/aromatic N) is 1. The van der Waals surface area contributed by atoms with Gasteiger partial charge in [-0.05, 0) is 73.4 Å². The first kappa shape index (κ1) is 14.5. The van der Waals surface area contributed by atoms with Crippen LogP contribution in [0.1, 0.15) is 31.1 Å². The van der Waals surface area contributed by atoms with E-state index in [0.717, 1.165) is 12.5 Å². The van der Waals surface area contributed by atoms with E-state index >= 15 is 0 Å². The lowest BCUT2D eigenvalue weighted by Gasteiger charge is -2.31. The third kappa shape index (κ3) is 4.65. The second kappa shape index (κ2) is 7.63.